The van der Waals surface area contributed by atoms with Crippen LogP contribution in [0.5, 0.6) is 0 Å². The van der Waals surface area contributed by atoms with Gasteiger partial charge in [0.25, 0.3) is 0 Å². The average molecular weight is 282 g/mol. The van der Waals surface area contributed by atoms with Crippen LogP contribution < -0.4 is 0 Å². The fourth-order valence-electron chi connectivity index (χ4n) is 5.78. The molecule has 2 saturated carbocycles. The number of aliphatic hydroxyl groups excluding tert-OH is 1. The van der Waals surface area contributed by atoms with Crippen molar-refractivity contribution in [2.24, 2.45) is 22.7 Å². The predicted octanol–water partition coefficient (Wildman–Crippen LogP) is 0.824. The highest BCUT2D eigenvalue weighted by Crippen LogP contribution is 2.75. The minimum Gasteiger partial charge on any atom is -0.458 e. The molecule has 112 valence electrons. The lowest BCUT2D eigenvalue weighted by atomic mass is 9.48. The van der Waals surface area contributed by atoms with Gasteiger partial charge in [0.15, 0.2) is 5.79 Å². The molecule has 2 heterocycles. The van der Waals surface area contributed by atoms with Crippen molar-refractivity contribution in [1.29, 1.82) is 0 Å². The molecule has 5 nitrogen and oxygen atoms in total. The standard InChI is InChI=1S/C15H22O5/c1-8-10(16)4-15-12(3)7-19-14(18,9(12)2)6-13(8,15)5-11(17)20-15/h8-10,16,18H,4-7H2,1-3H3/t8-,9+,10-,12-,13+,14+,15-/m1/s1. The number of carbonyl (C=O) groups excluding carboxylic acids is 1. The van der Waals surface area contributed by atoms with Crippen molar-refractivity contribution in [3.05, 3.63) is 0 Å². The van der Waals surface area contributed by atoms with Crippen LogP contribution in [-0.4, -0.2) is 40.3 Å². The molecule has 4 fully saturated rings. The van der Waals surface area contributed by atoms with E-state index in [0.29, 0.717) is 19.4 Å². The molecule has 0 radical (unpaired) electrons. The van der Waals surface area contributed by atoms with E-state index < -0.39 is 28.3 Å². The van der Waals surface area contributed by atoms with Crippen molar-refractivity contribution in [3.63, 3.8) is 0 Å². The van der Waals surface area contributed by atoms with Gasteiger partial charge in [0.05, 0.1) is 19.1 Å². The number of esters is 1. The number of carbonyl (C=O) groups is 1. The Morgan fingerprint density at radius 3 is 2.75 bits per heavy atom. The van der Waals surface area contributed by atoms with Gasteiger partial charge >= 0.3 is 5.97 Å². The van der Waals surface area contributed by atoms with Crippen LogP contribution in [0.4, 0.5) is 0 Å². The Morgan fingerprint density at radius 1 is 1.35 bits per heavy atom. The zero-order valence-electron chi connectivity index (χ0n) is 12.2. The van der Waals surface area contributed by atoms with E-state index in [9.17, 15) is 15.0 Å². The van der Waals surface area contributed by atoms with Gasteiger partial charge in [-0.1, -0.05) is 20.8 Å². The molecule has 2 saturated heterocycles. The van der Waals surface area contributed by atoms with E-state index in [2.05, 4.69) is 0 Å². The normalized spacial score (nSPS) is 64.0. The van der Waals surface area contributed by atoms with E-state index in [4.69, 9.17) is 9.47 Å². The van der Waals surface area contributed by atoms with Gasteiger partial charge in [-0.05, 0) is 5.92 Å². The SMILES string of the molecule is C[C@@H]1[C@H](O)C[C@]23OC(=O)C[C@]12C[C@]1(O)OC[C@]3(C)[C@@H]1C. The molecule has 0 unspecified atom stereocenters. The van der Waals surface area contributed by atoms with Crippen LogP contribution in [-0.2, 0) is 14.3 Å². The summed E-state index contributed by atoms with van der Waals surface area (Å²) >= 11 is 0. The van der Waals surface area contributed by atoms with Crippen LogP contribution in [0.3, 0.4) is 0 Å². The van der Waals surface area contributed by atoms with Gasteiger partial charge in [-0.3, -0.25) is 4.79 Å². The van der Waals surface area contributed by atoms with Crippen LogP contribution in [0.1, 0.15) is 40.0 Å². The lowest BCUT2D eigenvalue weighted by Crippen LogP contribution is -2.64. The largest absolute Gasteiger partial charge is 0.458 e. The van der Waals surface area contributed by atoms with Gasteiger partial charge in [0.2, 0.25) is 0 Å². The summed E-state index contributed by atoms with van der Waals surface area (Å²) < 4.78 is 11.6. The van der Waals surface area contributed by atoms with Crippen LogP contribution >= 0.6 is 0 Å². The van der Waals surface area contributed by atoms with Crippen molar-refractivity contribution in [2.75, 3.05) is 6.61 Å². The molecule has 2 aliphatic carbocycles. The van der Waals surface area contributed by atoms with E-state index in [1.54, 1.807) is 0 Å². The van der Waals surface area contributed by atoms with Crippen molar-refractivity contribution < 1.29 is 24.5 Å². The Bertz CT molecular complexity index is 506. The molecule has 2 bridgehead atoms. The summed E-state index contributed by atoms with van der Waals surface area (Å²) in [5, 5.41) is 21.3. The average Bonchev–Trinajstić information content (AvgIpc) is 2.83. The monoisotopic (exact) mass is 282 g/mol. The molecule has 4 rings (SSSR count). The number of ether oxygens (including phenoxy) is 2. The van der Waals surface area contributed by atoms with E-state index in [-0.39, 0.29) is 24.2 Å². The Balaban J connectivity index is 1.97. The maximum atomic E-state index is 12.1. The summed E-state index contributed by atoms with van der Waals surface area (Å²) in [7, 11) is 0. The van der Waals surface area contributed by atoms with Crippen molar-refractivity contribution in [3.8, 4) is 0 Å². The number of hydrogen-bond acceptors (Lipinski definition) is 5. The van der Waals surface area contributed by atoms with Gasteiger partial charge in [-0.15, -0.1) is 0 Å². The molecule has 7 atom stereocenters. The molecule has 0 amide bonds. The number of hydrogen-bond donors (Lipinski definition) is 2. The molecule has 0 aromatic heterocycles. The van der Waals surface area contributed by atoms with Gasteiger partial charge in [-0.2, -0.15) is 0 Å². The van der Waals surface area contributed by atoms with Crippen molar-refractivity contribution in [1.82, 2.24) is 0 Å². The second-order valence-electron chi connectivity index (χ2n) is 7.64. The molecular weight excluding hydrogens is 260 g/mol. The summed E-state index contributed by atoms with van der Waals surface area (Å²) in [6.45, 7) is 6.34. The third kappa shape index (κ3) is 1.02. The summed E-state index contributed by atoms with van der Waals surface area (Å²) in [4.78, 5) is 12.1. The van der Waals surface area contributed by atoms with Crippen LogP contribution in [0.2, 0.25) is 0 Å². The molecule has 2 N–H and O–H groups in total. The molecule has 2 aliphatic heterocycles. The fourth-order valence-corrected chi connectivity index (χ4v) is 5.78. The van der Waals surface area contributed by atoms with Gasteiger partial charge in [0.1, 0.15) is 5.60 Å². The Labute approximate surface area is 118 Å². The molecular formula is C15H22O5. The maximum absolute atomic E-state index is 12.1. The van der Waals surface area contributed by atoms with E-state index in [1.165, 1.54) is 0 Å². The Kier molecular flexibility index (Phi) is 2.11. The minimum atomic E-state index is -1.20. The highest BCUT2D eigenvalue weighted by Gasteiger charge is 2.83. The van der Waals surface area contributed by atoms with Gasteiger partial charge in [-0.25, -0.2) is 0 Å². The summed E-state index contributed by atoms with van der Waals surface area (Å²) in [6.07, 6.45) is 0.621. The lowest BCUT2D eigenvalue weighted by Gasteiger charge is -2.56. The summed E-state index contributed by atoms with van der Waals surface area (Å²) in [5.74, 6) is -1.60. The fraction of sp³-hybridized carbons (Fsp3) is 0.933. The van der Waals surface area contributed by atoms with Crippen molar-refractivity contribution in [2.45, 2.75) is 57.5 Å². The van der Waals surface area contributed by atoms with Gasteiger partial charge in [0, 0.05) is 29.6 Å². The number of rotatable bonds is 0. The molecule has 0 aromatic rings. The topological polar surface area (TPSA) is 76.0 Å². The second kappa shape index (κ2) is 3.23. The van der Waals surface area contributed by atoms with Crippen LogP contribution in [0, 0.1) is 22.7 Å². The first-order valence-corrected chi connectivity index (χ1v) is 7.47. The molecule has 0 spiro atoms. The summed E-state index contributed by atoms with van der Waals surface area (Å²) in [5.41, 5.74) is -1.65. The highest BCUT2D eigenvalue weighted by atomic mass is 16.6. The zero-order chi connectivity index (χ0) is 14.6. The molecule has 20 heavy (non-hydrogen) atoms. The molecule has 4 aliphatic rings. The van der Waals surface area contributed by atoms with Crippen LogP contribution in [0.15, 0.2) is 0 Å². The molecule has 5 heteroatoms. The zero-order valence-corrected chi connectivity index (χ0v) is 12.2. The Hall–Kier alpha value is -0.650. The quantitative estimate of drug-likeness (QED) is 0.643. The lowest BCUT2D eigenvalue weighted by molar-refractivity contribution is -0.257. The third-order valence-corrected chi connectivity index (χ3v) is 7.24. The predicted molar refractivity (Wildman–Crippen MR) is 68.5 cm³/mol. The number of aliphatic hydroxyl groups is 2. The van der Waals surface area contributed by atoms with Crippen molar-refractivity contribution >= 4 is 5.97 Å². The second-order valence-corrected chi connectivity index (χ2v) is 7.64. The Morgan fingerprint density at radius 2 is 2.05 bits per heavy atom. The highest BCUT2D eigenvalue weighted by molar-refractivity contribution is 5.75. The van der Waals surface area contributed by atoms with E-state index in [0.717, 1.165) is 0 Å². The number of fused-ring (bicyclic) bond motifs is 2. The first kappa shape index (κ1) is 13.0. The van der Waals surface area contributed by atoms with E-state index >= 15 is 0 Å². The van der Waals surface area contributed by atoms with Crippen LogP contribution in [0.25, 0.3) is 0 Å². The van der Waals surface area contributed by atoms with Gasteiger partial charge < -0.3 is 19.7 Å². The first-order valence-electron chi connectivity index (χ1n) is 7.47. The maximum Gasteiger partial charge on any atom is 0.307 e. The smallest absolute Gasteiger partial charge is 0.307 e. The first-order chi connectivity index (χ1) is 9.21. The summed E-state index contributed by atoms with van der Waals surface area (Å²) in [6, 6.07) is 0. The third-order valence-electron chi connectivity index (χ3n) is 7.24. The minimum absolute atomic E-state index is 0.0750. The molecule has 0 aromatic carbocycles. The van der Waals surface area contributed by atoms with E-state index in [1.807, 2.05) is 20.8 Å².